The fourth-order valence-corrected chi connectivity index (χ4v) is 3.24. The van der Waals surface area contributed by atoms with Gasteiger partial charge in [0.15, 0.2) is 0 Å². The van der Waals surface area contributed by atoms with Crippen molar-refractivity contribution in [1.29, 1.82) is 0 Å². The normalized spacial score (nSPS) is 26.1. The number of amides is 1. The zero-order valence-electron chi connectivity index (χ0n) is 11.8. The second kappa shape index (κ2) is 7.09. The summed E-state index contributed by atoms with van der Waals surface area (Å²) in [5, 5.41) is 3.36. The molecule has 0 spiro atoms. The molecule has 2 aliphatic rings. The van der Waals surface area contributed by atoms with Gasteiger partial charge in [-0.2, -0.15) is 0 Å². The lowest BCUT2D eigenvalue weighted by Gasteiger charge is -2.27. The molecule has 0 bridgehead atoms. The van der Waals surface area contributed by atoms with E-state index in [4.69, 9.17) is 0 Å². The van der Waals surface area contributed by atoms with Crippen molar-refractivity contribution in [2.45, 2.75) is 37.6 Å². The fraction of sp³-hybridized carbons (Fsp3) is 0.562. The first-order chi connectivity index (χ1) is 9.34. The molecule has 110 valence electrons. The van der Waals surface area contributed by atoms with E-state index in [2.05, 4.69) is 34.5 Å². The maximum atomic E-state index is 12.4. The third kappa shape index (κ3) is 3.33. The zero-order valence-corrected chi connectivity index (χ0v) is 12.6. The van der Waals surface area contributed by atoms with Crippen molar-refractivity contribution >= 4 is 18.3 Å². The van der Waals surface area contributed by atoms with Gasteiger partial charge in [0.25, 0.3) is 0 Å². The Morgan fingerprint density at radius 1 is 1.15 bits per heavy atom. The van der Waals surface area contributed by atoms with Crippen molar-refractivity contribution < 1.29 is 4.79 Å². The van der Waals surface area contributed by atoms with Crippen LogP contribution in [-0.4, -0.2) is 36.5 Å². The summed E-state index contributed by atoms with van der Waals surface area (Å²) in [5.41, 5.74) is 1.37. The van der Waals surface area contributed by atoms with E-state index >= 15 is 0 Å². The van der Waals surface area contributed by atoms with Gasteiger partial charge in [-0.1, -0.05) is 36.8 Å². The van der Waals surface area contributed by atoms with Crippen LogP contribution in [0, 0.1) is 0 Å². The molecular formula is C16H23ClN2O. The topological polar surface area (TPSA) is 32.3 Å². The minimum absolute atomic E-state index is 0. The quantitative estimate of drug-likeness (QED) is 0.909. The van der Waals surface area contributed by atoms with Gasteiger partial charge in [-0.15, -0.1) is 12.4 Å². The number of nitrogens with one attached hydrogen (secondary N) is 1. The molecule has 2 saturated heterocycles. The number of hydrogen-bond donors (Lipinski definition) is 1. The van der Waals surface area contributed by atoms with Crippen LogP contribution >= 0.6 is 12.4 Å². The summed E-state index contributed by atoms with van der Waals surface area (Å²) in [7, 11) is 0. The highest BCUT2D eigenvalue weighted by atomic mass is 35.5. The smallest absolute Gasteiger partial charge is 0.239 e. The molecule has 2 heterocycles. The largest absolute Gasteiger partial charge is 0.341 e. The number of rotatable bonds is 2. The number of piperidine rings is 1. The summed E-state index contributed by atoms with van der Waals surface area (Å²) < 4.78 is 0. The molecule has 0 aromatic heterocycles. The van der Waals surface area contributed by atoms with E-state index < -0.39 is 0 Å². The van der Waals surface area contributed by atoms with E-state index in [-0.39, 0.29) is 18.4 Å². The molecule has 2 aliphatic heterocycles. The monoisotopic (exact) mass is 294 g/mol. The lowest BCUT2D eigenvalue weighted by Crippen LogP contribution is -2.47. The third-order valence-corrected chi connectivity index (χ3v) is 4.38. The standard InChI is InChI=1S/C16H22N2O.ClH/c19-16(15-8-4-5-10-17-15)18-11-9-14(12-18)13-6-2-1-3-7-13;/h1-3,6-7,14-15,17H,4-5,8-12H2;1H/t14?,15-;/m0./s1. The first-order valence-electron chi connectivity index (χ1n) is 7.42. The van der Waals surface area contributed by atoms with Crippen molar-refractivity contribution in [2.75, 3.05) is 19.6 Å². The van der Waals surface area contributed by atoms with Gasteiger partial charge in [-0.25, -0.2) is 0 Å². The zero-order chi connectivity index (χ0) is 13.1. The van der Waals surface area contributed by atoms with Crippen LogP contribution in [0.25, 0.3) is 0 Å². The number of halogens is 1. The molecular weight excluding hydrogens is 272 g/mol. The molecule has 2 atom stereocenters. The van der Waals surface area contributed by atoms with Crippen molar-refractivity contribution in [1.82, 2.24) is 10.2 Å². The van der Waals surface area contributed by atoms with Crippen molar-refractivity contribution in [3.05, 3.63) is 35.9 Å². The van der Waals surface area contributed by atoms with Crippen LogP contribution in [0.1, 0.15) is 37.2 Å². The summed E-state index contributed by atoms with van der Waals surface area (Å²) in [5.74, 6) is 0.840. The van der Waals surface area contributed by atoms with Gasteiger partial charge in [0.1, 0.15) is 0 Å². The number of likely N-dealkylation sites (tertiary alicyclic amines) is 1. The lowest BCUT2D eigenvalue weighted by molar-refractivity contribution is -0.133. The van der Waals surface area contributed by atoms with Crippen LogP contribution in [-0.2, 0) is 4.79 Å². The maximum absolute atomic E-state index is 12.4. The van der Waals surface area contributed by atoms with E-state index in [0.29, 0.717) is 11.8 Å². The Balaban J connectivity index is 0.00000147. The van der Waals surface area contributed by atoms with E-state index in [1.165, 1.54) is 18.4 Å². The van der Waals surface area contributed by atoms with Gasteiger partial charge in [0.2, 0.25) is 5.91 Å². The maximum Gasteiger partial charge on any atom is 0.239 e. The average molecular weight is 295 g/mol. The molecule has 20 heavy (non-hydrogen) atoms. The molecule has 0 saturated carbocycles. The molecule has 4 heteroatoms. The SMILES string of the molecule is Cl.O=C([C@@H]1CCCCN1)N1CCC(c2ccccc2)C1. The predicted octanol–water partition coefficient (Wildman–Crippen LogP) is 2.57. The fourth-order valence-electron chi connectivity index (χ4n) is 3.24. The molecule has 1 aromatic rings. The Morgan fingerprint density at radius 2 is 1.95 bits per heavy atom. The number of hydrogen-bond acceptors (Lipinski definition) is 2. The molecule has 3 rings (SSSR count). The van der Waals surface area contributed by atoms with E-state index in [9.17, 15) is 4.79 Å². The van der Waals surface area contributed by atoms with Gasteiger partial charge < -0.3 is 10.2 Å². The summed E-state index contributed by atoms with van der Waals surface area (Å²) in [4.78, 5) is 14.5. The van der Waals surface area contributed by atoms with Gasteiger partial charge in [-0.05, 0) is 31.4 Å². The number of benzene rings is 1. The molecule has 0 radical (unpaired) electrons. The highest BCUT2D eigenvalue weighted by Gasteiger charge is 2.31. The number of nitrogens with zero attached hydrogens (tertiary/aromatic N) is 1. The van der Waals surface area contributed by atoms with Gasteiger partial charge in [-0.3, -0.25) is 4.79 Å². The molecule has 1 amide bonds. The van der Waals surface area contributed by atoms with E-state index in [0.717, 1.165) is 32.5 Å². The molecule has 2 fully saturated rings. The van der Waals surface area contributed by atoms with Gasteiger partial charge >= 0.3 is 0 Å². The van der Waals surface area contributed by atoms with E-state index in [1.807, 2.05) is 6.07 Å². The molecule has 1 unspecified atom stereocenters. The van der Waals surface area contributed by atoms with Crippen molar-refractivity contribution in [3.63, 3.8) is 0 Å². The minimum atomic E-state index is 0. The molecule has 1 aromatic carbocycles. The Labute approximate surface area is 127 Å². The van der Waals surface area contributed by atoms with Crippen LogP contribution in [0.5, 0.6) is 0 Å². The number of carbonyl (C=O) groups excluding carboxylic acids is 1. The molecule has 1 N–H and O–H groups in total. The Morgan fingerprint density at radius 3 is 2.65 bits per heavy atom. The second-order valence-corrected chi connectivity index (χ2v) is 5.68. The molecule has 0 aliphatic carbocycles. The van der Waals surface area contributed by atoms with Crippen LogP contribution in [0.3, 0.4) is 0 Å². The Kier molecular flexibility index (Phi) is 5.44. The Hall–Kier alpha value is -1.06. The summed E-state index contributed by atoms with van der Waals surface area (Å²) in [6, 6.07) is 10.6. The van der Waals surface area contributed by atoms with Crippen molar-refractivity contribution in [2.24, 2.45) is 0 Å². The number of carbonyl (C=O) groups is 1. The van der Waals surface area contributed by atoms with Crippen LogP contribution in [0.4, 0.5) is 0 Å². The summed E-state index contributed by atoms with van der Waals surface area (Å²) in [6.45, 7) is 2.80. The Bertz CT molecular complexity index is 431. The van der Waals surface area contributed by atoms with E-state index in [1.54, 1.807) is 0 Å². The highest BCUT2D eigenvalue weighted by molar-refractivity contribution is 5.85. The van der Waals surface area contributed by atoms with Crippen LogP contribution in [0.2, 0.25) is 0 Å². The summed E-state index contributed by atoms with van der Waals surface area (Å²) >= 11 is 0. The summed E-state index contributed by atoms with van der Waals surface area (Å²) in [6.07, 6.45) is 4.49. The highest BCUT2D eigenvalue weighted by Crippen LogP contribution is 2.27. The van der Waals surface area contributed by atoms with Crippen molar-refractivity contribution in [3.8, 4) is 0 Å². The van der Waals surface area contributed by atoms with Gasteiger partial charge in [0, 0.05) is 19.0 Å². The third-order valence-electron chi connectivity index (χ3n) is 4.38. The predicted molar refractivity (Wildman–Crippen MR) is 83.3 cm³/mol. The average Bonchev–Trinajstić information content (AvgIpc) is 2.98. The first kappa shape index (κ1) is 15.3. The minimum Gasteiger partial charge on any atom is -0.341 e. The van der Waals surface area contributed by atoms with Crippen LogP contribution < -0.4 is 5.32 Å². The lowest BCUT2D eigenvalue weighted by atomic mass is 9.99. The second-order valence-electron chi connectivity index (χ2n) is 5.68. The van der Waals surface area contributed by atoms with Gasteiger partial charge in [0.05, 0.1) is 6.04 Å². The van der Waals surface area contributed by atoms with Crippen LogP contribution in [0.15, 0.2) is 30.3 Å². The first-order valence-corrected chi connectivity index (χ1v) is 7.42. The molecule has 3 nitrogen and oxygen atoms in total.